The highest BCUT2D eigenvalue weighted by Crippen LogP contribution is 2.38. The Morgan fingerprint density at radius 2 is 0.846 bits per heavy atom. The minimum atomic E-state index is -4.54. The molecule has 0 aromatic rings. The molecule has 0 fully saturated rings. The lowest BCUT2D eigenvalue weighted by molar-refractivity contribution is -0.870. The Bertz CT molecular complexity index is 1220. The smallest absolute Gasteiger partial charge is 0.306 e. The molecule has 0 N–H and O–H groups in total. The number of ether oxygens (including phenoxy) is 2. The van der Waals surface area contributed by atoms with Crippen LogP contribution < -0.4 is 4.89 Å². The molecule has 0 saturated heterocycles. The quantitative estimate of drug-likeness (QED) is 0.0197. The molecule has 9 heteroatoms. The zero-order valence-electron chi connectivity index (χ0n) is 43.2. The van der Waals surface area contributed by atoms with Crippen molar-refractivity contribution in [2.24, 2.45) is 0 Å². The number of nitrogens with zero attached hydrogens (tertiary/aromatic N) is 1. The fraction of sp³-hybridized carbons (Fsp3) is 0.804. The van der Waals surface area contributed by atoms with Crippen LogP contribution in [0.25, 0.3) is 0 Å². The molecule has 0 aromatic carbocycles. The molecule has 2 atom stereocenters. The Hall–Kier alpha value is -1.80. The highest BCUT2D eigenvalue weighted by Gasteiger charge is 2.20. The third-order valence-electron chi connectivity index (χ3n) is 11.5. The van der Waals surface area contributed by atoms with Gasteiger partial charge in [-0.1, -0.05) is 203 Å². The molecule has 0 aliphatic carbocycles. The van der Waals surface area contributed by atoms with Gasteiger partial charge in [-0.3, -0.25) is 9.36 Å². The highest BCUT2D eigenvalue weighted by molar-refractivity contribution is 7.45. The van der Waals surface area contributed by atoms with Gasteiger partial charge in [0, 0.05) is 13.0 Å². The molecule has 380 valence electrons. The van der Waals surface area contributed by atoms with Crippen LogP contribution in [-0.4, -0.2) is 70.7 Å². The molecule has 8 nitrogen and oxygen atoms in total. The zero-order valence-corrected chi connectivity index (χ0v) is 44.1. The molecule has 65 heavy (non-hydrogen) atoms. The molecule has 0 aromatic heterocycles. The monoisotopic (exact) mass is 934 g/mol. The minimum Gasteiger partial charge on any atom is -0.756 e. The third kappa shape index (κ3) is 53.0. The highest BCUT2D eigenvalue weighted by atomic mass is 31.2. The Labute approximate surface area is 402 Å². The van der Waals surface area contributed by atoms with Crippen molar-refractivity contribution in [1.29, 1.82) is 0 Å². The van der Waals surface area contributed by atoms with Crippen LogP contribution in [0.2, 0.25) is 0 Å². The molecule has 0 aliphatic heterocycles. The van der Waals surface area contributed by atoms with E-state index in [2.05, 4.69) is 74.6 Å². The fourth-order valence-corrected chi connectivity index (χ4v) is 8.08. The number of likely N-dealkylation sites (N-methyl/N-ethyl adjacent to an activating group) is 1. The predicted octanol–water partition coefficient (Wildman–Crippen LogP) is 16.2. The summed E-state index contributed by atoms with van der Waals surface area (Å²) in [6.07, 6.45) is 62.4. The molecule has 0 heterocycles. The predicted molar refractivity (Wildman–Crippen MR) is 277 cm³/mol. The van der Waals surface area contributed by atoms with E-state index in [-0.39, 0.29) is 25.8 Å². The number of carbonyl (C=O) groups is 1. The van der Waals surface area contributed by atoms with Crippen molar-refractivity contribution in [3.8, 4) is 0 Å². The van der Waals surface area contributed by atoms with Gasteiger partial charge in [-0.05, 0) is 83.5 Å². The summed E-state index contributed by atoms with van der Waals surface area (Å²) in [5.74, 6) is -0.340. The maximum atomic E-state index is 12.8. The standard InChI is InChI=1S/C56H104NO7P/c1-6-8-10-12-14-16-18-20-22-24-26-27-28-29-30-31-32-33-35-37-39-41-43-45-47-49-56(58)64-55(54-63-65(59,60)62-52-50-57(3,4)5)53-61-51-48-46-44-42-40-38-36-34-25-23-21-19-17-15-13-11-9-7-2/h15,17-18,20-21,23-24,26,28-29,55H,6-14,16,19,22,25,27,30-54H2,1-5H3/b17-15-,20-18-,23-21-,26-24-,29-28-. The van der Waals surface area contributed by atoms with Gasteiger partial charge in [0.2, 0.25) is 0 Å². The summed E-state index contributed by atoms with van der Waals surface area (Å²) in [4.78, 5) is 25.2. The number of allylic oxidation sites excluding steroid dienone is 10. The SMILES string of the molecule is CCCCC/C=C\C/C=C\CCCCCCCCCCOCC(COP(=O)([O-])OCC[N+](C)(C)C)OC(=O)CCCCCCCCCCCC/C=C\C/C=C\C/C=C\CCCCCCC. The molecule has 2 unspecified atom stereocenters. The Kier molecular flexibility index (Phi) is 47.3. The average Bonchev–Trinajstić information content (AvgIpc) is 3.27. The summed E-state index contributed by atoms with van der Waals surface area (Å²) in [5, 5.41) is 0. The van der Waals surface area contributed by atoms with Crippen LogP contribution in [-0.2, 0) is 27.9 Å². The Balaban J connectivity index is 4.13. The van der Waals surface area contributed by atoms with E-state index in [4.69, 9.17) is 18.5 Å². The third-order valence-corrected chi connectivity index (χ3v) is 12.5. The molecule has 0 bridgehead atoms. The number of rotatable bonds is 50. The summed E-state index contributed by atoms with van der Waals surface area (Å²) in [6.45, 7) is 5.38. The van der Waals surface area contributed by atoms with Crippen molar-refractivity contribution < 1.29 is 37.3 Å². The van der Waals surface area contributed by atoms with E-state index in [0.29, 0.717) is 24.1 Å². The number of esters is 1. The summed E-state index contributed by atoms with van der Waals surface area (Å²) in [7, 11) is 1.35. The first kappa shape index (κ1) is 63.2. The average molecular weight is 934 g/mol. The van der Waals surface area contributed by atoms with E-state index in [1.807, 2.05) is 21.1 Å². The Morgan fingerprint density at radius 1 is 0.477 bits per heavy atom. The van der Waals surface area contributed by atoms with E-state index in [1.165, 1.54) is 161 Å². The topological polar surface area (TPSA) is 94.1 Å². The van der Waals surface area contributed by atoms with Crippen LogP contribution in [0.5, 0.6) is 0 Å². The van der Waals surface area contributed by atoms with Crippen molar-refractivity contribution in [3.63, 3.8) is 0 Å². The van der Waals surface area contributed by atoms with Gasteiger partial charge in [0.1, 0.15) is 19.3 Å². The first-order chi connectivity index (χ1) is 31.6. The first-order valence-corrected chi connectivity index (χ1v) is 28.5. The number of hydrogen-bond acceptors (Lipinski definition) is 7. The number of hydrogen-bond donors (Lipinski definition) is 0. The van der Waals surface area contributed by atoms with Crippen molar-refractivity contribution in [2.45, 2.75) is 238 Å². The van der Waals surface area contributed by atoms with Crippen molar-refractivity contribution in [3.05, 3.63) is 60.8 Å². The largest absolute Gasteiger partial charge is 0.756 e. The summed E-state index contributed by atoms with van der Waals surface area (Å²) in [6, 6.07) is 0. The van der Waals surface area contributed by atoms with Crippen LogP contribution in [0, 0.1) is 0 Å². The van der Waals surface area contributed by atoms with Crippen molar-refractivity contribution >= 4 is 13.8 Å². The molecular formula is C56H104NO7P. The van der Waals surface area contributed by atoms with Gasteiger partial charge in [0.15, 0.2) is 0 Å². The van der Waals surface area contributed by atoms with Gasteiger partial charge in [-0.25, -0.2) is 0 Å². The van der Waals surface area contributed by atoms with Crippen LogP contribution >= 0.6 is 7.82 Å². The van der Waals surface area contributed by atoms with Crippen molar-refractivity contribution in [2.75, 3.05) is 54.1 Å². The second-order valence-electron chi connectivity index (χ2n) is 19.2. The molecule has 0 rings (SSSR count). The molecule has 0 aliphatic rings. The summed E-state index contributed by atoms with van der Waals surface area (Å²) in [5.41, 5.74) is 0. The van der Waals surface area contributed by atoms with Crippen LogP contribution in [0.15, 0.2) is 60.8 Å². The molecule has 0 radical (unpaired) electrons. The van der Waals surface area contributed by atoms with Gasteiger partial charge in [-0.15, -0.1) is 0 Å². The second kappa shape index (κ2) is 48.6. The normalized spacial score (nSPS) is 14.0. The van der Waals surface area contributed by atoms with Crippen LogP contribution in [0.1, 0.15) is 232 Å². The lowest BCUT2D eigenvalue weighted by Gasteiger charge is -2.28. The van der Waals surface area contributed by atoms with Gasteiger partial charge in [0.05, 0.1) is 34.4 Å². The maximum absolute atomic E-state index is 12.8. The van der Waals surface area contributed by atoms with E-state index in [1.54, 1.807) is 0 Å². The number of quaternary nitrogens is 1. The second-order valence-corrected chi connectivity index (χ2v) is 20.6. The number of phosphoric acid groups is 1. The van der Waals surface area contributed by atoms with E-state index in [0.717, 1.165) is 51.4 Å². The molecule has 0 saturated carbocycles. The number of carbonyl (C=O) groups excluding carboxylic acids is 1. The minimum absolute atomic E-state index is 0.0222. The molecule has 0 spiro atoms. The zero-order chi connectivity index (χ0) is 47.6. The van der Waals surface area contributed by atoms with E-state index < -0.39 is 13.9 Å². The van der Waals surface area contributed by atoms with Gasteiger partial charge in [-0.2, -0.15) is 0 Å². The summed E-state index contributed by atoms with van der Waals surface area (Å²) < 4.78 is 34.8. The van der Waals surface area contributed by atoms with Crippen molar-refractivity contribution in [1.82, 2.24) is 0 Å². The number of unbranched alkanes of at least 4 members (excludes halogenated alkanes) is 26. The summed E-state index contributed by atoms with van der Waals surface area (Å²) >= 11 is 0. The van der Waals surface area contributed by atoms with E-state index >= 15 is 0 Å². The lowest BCUT2D eigenvalue weighted by atomic mass is 10.0. The molecule has 0 amide bonds. The first-order valence-electron chi connectivity index (χ1n) is 27.0. The van der Waals surface area contributed by atoms with Gasteiger partial charge >= 0.3 is 5.97 Å². The van der Waals surface area contributed by atoms with Gasteiger partial charge < -0.3 is 27.9 Å². The maximum Gasteiger partial charge on any atom is 0.306 e. The molecular weight excluding hydrogens is 830 g/mol. The van der Waals surface area contributed by atoms with Gasteiger partial charge in [0.25, 0.3) is 7.82 Å². The lowest BCUT2D eigenvalue weighted by Crippen LogP contribution is -2.37. The van der Waals surface area contributed by atoms with Crippen LogP contribution in [0.4, 0.5) is 0 Å². The Morgan fingerprint density at radius 3 is 1.29 bits per heavy atom. The van der Waals surface area contributed by atoms with E-state index in [9.17, 15) is 14.3 Å². The fourth-order valence-electron chi connectivity index (χ4n) is 7.35. The number of phosphoric ester groups is 1. The van der Waals surface area contributed by atoms with Crippen LogP contribution in [0.3, 0.4) is 0 Å².